The number of alkyl halides is 3. The molecule has 5 rings (SSSR count). The highest BCUT2D eigenvalue weighted by atomic mass is 32.2. The molecule has 0 radical (unpaired) electrons. The smallest absolute Gasteiger partial charge is 0.338 e. The molecule has 0 bridgehead atoms. The van der Waals surface area contributed by atoms with Crippen molar-refractivity contribution in [3.63, 3.8) is 0 Å². The molecule has 0 aliphatic rings. The molecule has 3 heterocycles. The number of nitrogens with zero attached hydrogens (tertiary/aromatic N) is 4. The second-order valence-electron chi connectivity index (χ2n) is 7.58. The Kier molecular flexibility index (Phi) is 6.44. The van der Waals surface area contributed by atoms with Gasteiger partial charge in [-0.3, -0.25) is 9.36 Å². The first-order valence-corrected chi connectivity index (χ1v) is 12.4. The molecule has 0 atom stereocenters. The van der Waals surface area contributed by atoms with Gasteiger partial charge in [-0.1, -0.05) is 47.3 Å². The second kappa shape index (κ2) is 9.67. The van der Waals surface area contributed by atoms with Crippen LogP contribution in [0.4, 0.5) is 13.2 Å². The third-order valence-electron chi connectivity index (χ3n) is 5.23. The van der Waals surface area contributed by atoms with Gasteiger partial charge in [0.05, 0.1) is 22.2 Å². The highest BCUT2D eigenvalue weighted by molar-refractivity contribution is 7.98. The zero-order valence-electron chi connectivity index (χ0n) is 18.0. The summed E-state index contributed by atoms with van der Waals surface area (Å²) in [5.74, 6) is 0.485. The first-order valence-electron chi connectivity index (χ1n) is 10.5. The average molecular weight is 515 g/mol. The molecule has 0 saturated carbocycles. The number of hydrogen-bond acceptors (Lipinski definition) is 7. The molecule has 35 heavy (non-hydrogen) atoms. The molecule has 0 amide bonds. The highest BCUT2D eigenvalue weighted by Crippen LogP contribution is 2.32. The van der Waals surface area contributed by atoms with Gasteiger partial charge in [-0.2, -0.15) is 18.2 Å². The Balaban J connectivity index is 1.40. The van der Waals surface area contributed by atoms with Gasteiger partial charge in [0.2, 0.25) is 11.7 Å². The van der Waals surface area contributed by atoms with Crippen molar-refractivity contribution in [1.29, 1.82) is 0 Å². The number of fused-ring (bicyclic) bond motifs is 1. The summed E-state index contributed by atoms with van der Waals surface area (Å²) in [5, 5.41) is 6.86. The molecule has 178 valence electrons. The van der Waals surface area contributed by atoms with E-state index in [1.54, 1.807) is 34.1 Å². The predicted octanol–water partition coefficient (Wildman–Crippen LogP) is 6.06. The number of halogens is 3. The fraction of sp³-hybridized carbons (Fsp3) is 0.167. The zero-order valence-corrected chi connectivity index (χ0v) is 19.7. The normalized spacial score (nSPS) is 11.9. The third kappa shape index (κ3) is 5.15. The van der Waals surface area contributed by atoms with Crippen molar-refractivity contribution in [3.05, 3.63) is 92.7 Å². The molecular weight excluding hydrogens is 497 g/mol. The van der Waals surface area contributed by atoms with Gasteiger partial charge < -0.3 is 4.52 Å². The van der Waals surface area contributed by atoms with Crippen LogP contribution >= 0.6 is 23.1 Å². The van der Waals surface area contributed by atoms with Crippen LogP contribution in [0.25, 0.3) is 22.3 Å². The van der Waals surface area contributed by atoms with Crippen LogP contribution in [-0.4, -0.2) is 19.7 Å². The van der Waals surface area contributed by atoms with Crippen LogP contribution in [0, 0.1) is 0 Å². The van der Waals surface area contributed by atoms with Gasteiger partial charge in [0, 0.05) is 17.0 Å². The SMILES string of the molecule is O=c1c2ccccc2nc(SCc2nc(-c3cccc(C(F)(F)F)c3)no2)n1CCc1cccs1. The number of aromatic nitrogens is 4. The maximum absolute atomic E-state index is 13.2. The first kappa shape index (κ1) is 23.3. The quantitative estimate of drug-likeness (QED) is 0.194. The van der Waals surface area contributed by atoms with Crippen molar-refractivity contribution in [1.82, 2.24) is 19.7 Å². The Morgan fingerprint density at radius 1 is 1.03 bits per heavy atom. The summed E-state index contributed by atoms with van der Waals surface area (Å²) in [6.07, 6.45) is -3.78. The maximum atomic E-state index is 13.2. The van der Waals surface area contributed by atoms with Crippen LogP contribution in [-0.2, 0) is 24.9 Å². The van der Waals surface area contributed by atoms with Crippen molar-refractivity contribution in [2.45, 2.75) is 30.1 Å². The van der Waals surface area contributed by atoms with Crippen molar-refractivity contribution >= 4 is 34.0 Å². The second-order valence-corrected chi connectivity index (χ2v) is 9.55. The molecular formula is C24H17F3N4O2S2. The van der Waals surface area contributed by atoms with E-state index >= 15 is 0 Å². The Morgan fingerprint density at radius 3 is 2.69 bits per heavy atom. The summed E-state index contributed by atoms with van der Waals surface area (Å²) in [6.45, 7) is 0.457. The summed E-state index contributed by atoms with van der Waals surface area (Å²) < 4.78 is 46.0. The van der Waals surface area contributed by atoms with Crippen LogP contribution in [0.1, 0.15) is 16.3 Å². The lowest BCUT2D eigenvalue weighted by Crippen LogP contribution is -2.24. The molecule has 0 fully saturated rings. The van der Waals surface area contributed by atoms with Crippen LogP contribution in [0.3, 0.4) is 0 Å². The van der Waals surface area contributed by atoms with Crippen LogP contribution in [0.5, 0.6) is 0 Å². The van der Waals surface area contributed by atoms with Gasteiger partial charge in [0.25, 0.3) is 5.56 Å². The largest absolute Gasteiger partial charge is 0.416 e. The standard InChI is InChI=1S/C24H17F3N4O2S2/c25-24(26,27)16-6-3-5-15(13-16)21-29-20(33-30-21)14-35-23-28-19-9-2-1-8-18(19)22(32)31(23)11-10-17-7-4-12-34-17/h1-9,12-13H,10-11,14H2. The van der Waals surface area contributed by atoms with E-state index in [9.17, 15) is 18.0 Å². The number of thioether (sulfide) groups is 1. The number of benzene rings is 2. The van der Waals surface area contributed by atoms with E-state index < -0.39 is 11.7 Å². The lowest BCUT2D eigenvalue weighted by molar-refractivity contribution is -0.137. The molecule has 5 aromatic rings. The highest BCUT2D eigenvalue weighted by Gasteiger charge is 2.30. The Hall–Kier alpha value is -3.44. The van der Waals surface area contributed by atoms with Crippen LogP contribution in [0.15, 0.2) is 80.5 Å². The Morgan fingerprint density at radius 2 is 1.89 bits per heavy atom. The maximum Gasteiger partial charge on any atom is 0.416 e. The van der Waals surface area contributed by atoms with Gasteiger partial charge >= 0.3 is 6.18 Å². The van der Waals surface area contributed by atoms with Gasteiger partial charge in [-0.05, 0) is 42.1 Å². The molecule has 0 saturated heterocycles. The monoisotopic (exact) mass is 514 g/mol. The van der Waals surface area contributed by atoms with E-state index in [2.05, 4.69) is 15.1 Å². The molecule has 0 aliphatic heterocycles. The number of rotatable bonds is 7. The summed E-state index contributed by atoms with van der Waals surface area (Å²) >= 11 is 2.89. The van der Waals surface area contributed by atoms with Gasteiger partial charge in [0.15, 0.2) is 5.16 Å². The first-order chi connectivity index (χ1) is 16.9. The molecule has 11 heteroatoms. The summed E-state index contributed by atoms with van der Waals surface area (Å²) in [5.41, 5.74) is -0.130. The molecule has 3 aromatic heterocycles. The number of hydrogen-bond donors (Lipinski definition) is 0. The minimum Gasteiger partial charge on any atom is -0.338 e. The summed E-state index contributed by atoms with van der Waals surface area (Å²) in [7, 11) is 0. The molecule has 6 nitrogen and oxygen atoms in total. The lowest BCUT2D eigenvalue weighted by Gasteiger charge is -2.12. The van der Waals surface area contributed by atoms with Gasteiger partial charge in [-0.15, -0.1) is 11.3 Å². The van der Waals surface area contributed by atoms with E-state index in [4.69, 9.17) is 4.52 Å². The molecule has 0 unspecified atom stereocenters. The number of aryl methyl sites for hydroxylation is 1. The van der Waals surface area contributed by atoms with E-state index in [0.717, 1.165) is 17.0 Å². The topological polar surface area (TPSA) is 73.8 Å². The average Bonchev–Trinajstić information content (AvgIpc) is 3.54. The Bertz CT molecular complexity index is 1530. The Labute approximate surface area is 205 Å². The third-order valence-corrected chi connectivity index (χ3v) is 7.13. The fourth-order valence-corrected chi connectivity index (χ4v) is 5.08. The van der Waals surface area contributed by atoms with E-state index in [0.29, 0.717) is 29.0 Å². The lowest BCUT2D eigenvalue weighted by atomic mass is 10.1. The van der Waals surface area contributed by atoms with Gasteiger partial charge in [0.1, 0.15) is 0 Å². The predicted molar refractivity (Wildman–Crippen MR) is 128 cm³/mol. The van der Waals surface area contributed by atoms with Crippen molar-refractivity contribution in [2.75, 3.05) is 0 Å². The van der Waals surface area contributed by atoms with Crippen LogP contribution in [0.2, 0.25) is 0 Å². The van der Waals surface area contributed by atoms with E-state index in [1.165, 1.54) is 23.9 Å². The fourth-order valence-electron chi connectivity index (χ4n) is 3.52. The summed E-state index contributed by atoms with van der Waals surface area (Å²) in [6, 6.07) is 15.9. The summed E-state index contributed by atoms with van der Waals surface area (Å²) in [4.78, 5) is 23.3. The molecule has 0 aliphatic carbocycles. The number of thiophene rings is 1. The minimum absolute atomic E-state index is 0.0632. The minimum atomic E-state index is -4.47. The van der Waals surface area contributed by atoms with E-state index in [-0.39, 0.29) is 28.6 Å². The van der Waals surface area contributed by atoms with Crippen LogP contribution < -0.4 is 5.56 Å². The van der Waals surface area contributed by atoms with Gasteiger partial charge in [-0.25, -0.2) is 4.98 Å². The molecule has 0 spiro atoms. The van der Waals surface area contributed by atoms with Crippen molar-refractivity contribution in [3.8, 4) is 11.4 Å². The van der Waals surface area contributed by atoms with E-state index in [1.807, 2.05) is 23.6 Å². The zero-order chi connectivity index (χ0) is 24.4. The van der Waals surface area contributed by atoms with Crippen molar-refractivity contribution < 1.29 is 17.7 Å². The van der Waals surface area contributed by atoms with Crippen molar-refractivity contribution in [2.24, 2.45) is 0 Å². The molecule has 2 aromatic carbocycles. The molecule has 0 N–H and O–H groups in total. The number of para-hydroxylation sites is 1.